The Bertz CT molecular complexity index is 815. The number of hydrogen-bond acceptors (Lipinski definition) is 5. The number of likely N-dealkylation sites (tertiary alicyclic amines) is 1. The van der Waals surface area contributed by atoms with Crippen LogP contribution in [0.1, 0.15) is 45.6 Å². The summed E-state index contributed by atoms with van der Waals surface area (Å²) in [4.78, 5) is 27.9. The van der Waals surface area contributed by atoms with Crippen LogP contribution in [0.4, 0.5) is 10.6 Å². The zero-order valence-corrected chi connectivity index (χ0v) is 18.9. The van der Waals surface area contributed by atoms with Gasteiger partial charge in [0.05, 0.1) is 25.7 Å². The van der Waals surface area contributed by atoms with Gasteiger partial charge in [-0.25, -0.2) is 4.79 Å². The van der Waals surface area contributed by atoms with Crippen LogP contribution in [0, 0.1) is 5.92 Å². The maximum atomic E-state index is 12.6. The fourth-order valence-electron chi connectivity index (χ4n) is 4.94. The summed E-state index contributed by atoms with van der Waals surface area (Å²) in [6, 6.07) is 3.64. The summed E-state index contributed by atoms with van der Waals surface area (Å²) in [7, 11) is 1.53. The normalized spacial score (nSPS) is 27.1. The minimum atomic E-state index is -0.989. The zero-order chi connectivity index (χ0) is 22.8. The number of fused-ring (bicyclic) bond motifs is 1. The van der Waals surface area contributed by atoms with E-state index in [9.17, 15) is 14.7 Å². The lowest BCUT2D eigenvalue weighted by atomic mass is 9.87. The van der Waals surface area contributed by atoms with E-state index in [-0.39, 0.29) is 23.4 Å². The van der Waals surface area contributed by atoms with E-state index in [4.69, 9.17) is 9.84 Å². The third-order valence-electron chi connectivity index (χ3n) is 6.92. The monoisotopic (exact) mass is 435 g/mol. The number of nitrogens with zero attached hydrogens (tertiary/aromatic N) is 2. The first kappa shape index (κ1) is 23.3. The quantitative estimate of drug-likeness (QED) is 0.507. The second kappa shape index (κ2) is 9.00. The van der Waals surface area contributed by atoms with E-state index < -0.39 is 12.2 Å². The van der Waals surface area contributed by atoms with Crippen molar-refractivity contribution >= 4 is 17.8 Å². The number of nitrogens with one attached hydrogen (secondary N) is 2. The summed E-state index contributed by atoms with van der Waals surface area (Å²) in [6.45, 7) is 8.60. The average Bonchev–Trinajstić information content (AvgIpc) is 2.68. The van der Waals surface area contributed by atoms with E-state index >= 15 is 0 Å². The van der Waals surface area contributed by atoms with Gasteiger partial charge in [0.25, 0.3) is 0 Å². The molecule has 9 heteroatoms. The number of aliphatic hydroxyl groups is 1. The van der Waals surface area contributed by atoms with Gasteiger partial charge < -0.3 is 30.1 Å². The van der Waals surface area contributed by atoms with Crippen molar-refractivity contribution in [2.24, 2.45) is 5.92 Å². The Morgan fingerprint density at radius 3 is 2.61 bits per heavy atom. The van der Waals surface area contributed by atoms with Crippen LogP contribution in [0.5, 0.6) is 5.88 Å². The summed E-state index contributed by atoms with van der Waals surface area (Å²) < 4.78 is 5.83. The number of rotatable bonds is 6. The van der Waals surface area contributed by atoms with Gasteiger partial charge in [0.15, 0.2) is 0 Å². The minimum Gasteiger partial charge on any atom is -0.481 e. The number of aromatic nitrogens is 1. The third kappa shape index (κ3) is 5.27. The number of pyridine rings is 1. The number of methoxy groups -OCH3 is 1. The molecule has 1 aromatic heterocycles. The maximum Gasteiger partial charge on any atom is 0.404 e. The Balaban J connectivity index is 1.65. The number of piperidine rings is 1. The van der Waals surface area contributed by atoms with Crippen LogP contribution in [0.3, 0.4) is 0 Å². The number of hydrogen-bond donors (Lipinski definition) is 4. The lowest BCUT2D eigenvalue weighted by molar-refractivity contribution is -0.977. The molecule has 2 aliphatic rings. The highest BCUT2D eigenvalue weighted by molar-refractivity contribution is 5.94. The maximum absolute atomic E-state index is 12.6. The highest BCUT2D eigenvalue weighted by Gasteiger charge is 2.45. The summed E-state index contributed by atoms with van der Waals surface area (Å²) in [5, 5.41) is 25.4. The van der Waals surface area contributed by atoms with Crippen molar-refractivity contribution < 1.29 is 29.0 Å². The molecule has 4 N–H and O–H groups in total. The standard InChI is InChI=1S/C22H34N4O5/c1-22(2,3)26(9-7-16(8-10-26)23-21(29)30)13-17(27)12-15-11-14-5-6-18(31-4)24-19(14)25-20(15)28/h5-6,15-17,23,27H,7-13H2,1-4H3,(H-,24,25,28,29,30)/p+1. The smallest absolute Gasteiger partial charge is 0.404 e. The Morgan fingerprint density at radius 1 is 1.35 bits per heavy atom. The van der Waals surface area contributed by atoms with E-state index in [1.165, 1.54) is 7.11 Å². The summed E-state index contributed by atoms with van der Waals surface area (Å²) in [5.41, 5.74) is 0.842. The number of aliphatic hydroxyl groups excluding tert-OH is 1. The molecule has 2 amide bonds. The number of anilines is 1. The fraction of sp³-hybridized carbons (Fsp3) is 0.682. The molecule has 3 rings (SSSR count). The molecule has 0 aromatic carbocycles. The lowest BCUT2D eigenvalue weighted by Gasteiger charge is -2.53. The van der Waals surface area contributed by atoms with Gasteiger partial charge >= 0.3 is 6.09 Å². The number of carboxylic acid groups (broad SMARTS) is 1. The summed E-state index contributed by atoms with van der Waals surface area (Å²) in [5.74, 6) is 0.541. The van der Waals surface area contributed by atoms with Gasteiger partial charge in [0.2, 0.25) is 11.8 Å². The van der Waals surface area contributed by atoms with E-state index in [1.54, 1.807) is 6.07 Å². The van der Waals surface area contributed by atoms with Gasteiger partial charge in [0, 0.05) is 30.9 Å². The van der Waals surface area contributed by atoms with Crippen molar-refractivity contribution in [3.8, 4) is 5.88 Å². The number of quaternary nitrogens is 1. The molecule has 0 saturated carbocycles. The van der Waals surface area contributed by atoms with E-state index in [1.807, 2.05) is 6.07 Å². The Morgan fingerprint density at radius 2 is 2.03 bits per heavy atom. The largest absolute Gasteiger partial charge is 0.481 e. The van der Waals surface area contributed by atoms with Crippen LogP contribution in [-0.2, 0) is 11.2 Å². The molecule has 1 aromatic rings. The predicted octanol–water partition coefficient (Wildman–Crippen LogP) is 2.00. The van der Waals surface area contributed by atoms with Gasteiger partial charge in [-0.1, -0.05) is 0 Å². The molecule has 31 heavy (non-hydrogen) atoms. The average molecular weight is 436 g/mol. The van der Waals surface area contributed by atoms with Crippen LogP contribution >= 0.6 is 0 Å². The van der Waals surface area contributed by atoms with Crippen molar-refractivity contribution in [3.63, 3.8) is 0 Å². The topological polar surface area (TPSA) is 121 Å². The van der Waals surface area contributed by atoms with Crippen LogP contribution < -0.4 is 15.4 Å². The first-order valence-corrected chi connectivity index (χ1v) is 10.9. The number of ether oxygens (including phenoxy) is 1. The van der Waals surface area contributed by atoms with Crippen molar-refractivity contribution in [2.75, 3.05) is 32.1 Å². The molecule has 0 spiro atoms. The highest BCUT2D eigenvalue weighted by Crippen LogP contribution is 2.33. The minimum absolute atomic E-state index is 0.0478. The van der Waals surface area contributed by atoms with Crippen molar-refractivity contribution in [1.29, 1.82) is 0 Å². The Labute approximate surface area is 183 Å². The fourth-order valence-corrected chi connectivity index (χ4v) is 4.94. The molecule has 2 aliphatic heterocycles. The van der Waals surface area contributed by atoms with Gasteiger partial charge in [-0.15, -0.1) is 0 Å². The zero-order valence-electron chi connectivity index (χ0n) is 18.9. The molecule has 2 unspecified atom stereocenters. The molecule has 0 radical (unpaired) electrons. The molecule has 0 bridgehead atoms. The summed E-state index contributed by atoms with van der Waals surface area (Å²) >= 11 is 0. The Hall–Kier alpha value is -2.39. The molecule has 9 nitrogen and oxygen atoms in total. The van der Waals surface area contributed by atoms with Crippen LogP contribution in [0.15, 0.2) is 12.1 Å². The molecule has 1 fully saturated rings. The van der Waals surface area contributed by atoms with Crippen molar-refractivity contribution in [2.45, 2.75) is 64.1 Å². The van der Waals surface area contributed by atoms with E-state index in [0.29, 0.717) is 35.6 Å². The molecule has 1 saturated heterocycles. The molecule has 3 heterocycles. The number of carbonyl (C=O) groups excluding carboxylic acids is 1. The third-order valence-corrected chi connectivity index (χ3v) is 6.92. The van der Waals surface area contributed by atoms with Crippen LogP contribution in [0.2, 0.25) is 0 Å². The van der Waals surface area contributed by atoms with Gasteiger partial charge in [-0.3, -0.25) is 4.79 Å². The molecular formula is C22H35N4O5+. The lowest BCUT2D eigenvalue weighted by Crippen LogP contribution is -2.67. The van der Waals surface area contributed by atoms with E-state index in [2.05, 4.69) is 36.4 Å². The molecular weight excluding hydrogens is 400 g/mol. The number of amides is 2. The SMILES string of the molecule is COc1ccc2c(n1)NC(=O)C(CC(O)C[N+]1(C(C)(C)C)CCC(NC(=O)O)CC1)C2. The first-order valence-electron chi connectivity index (χ1n) is 10.9. The van der Waals surface area contributed by atoms with Crippen LogP contribution in [0.25, 0.3) is 0 Å². The molecule has 2 atom stereocenters. The van der Waals surface area contributed by atoms with E-state index in [0.717, 1.165) is 31.5 Å². The summed E-state index contributed by atoms with van der Waals surface area (Å²) in [6.07, 6.45) is 0.769. The second-order valence-electron chi connectivity index (χ2n) is 9.81. The van der Waals surface area contributed by atoms with Crippen molar-refractivity contribution in [1.82, 2.24) is 10.3 Å². The van der Waals surface area contributed by atoms with Gasteiger partial charge in [-0.05, 0) is 45.2 Å². The van der Waals surface area contributed by atoms with Gasteiger partial charge in [-0.2, -0.15) is 4.98 Å². The second-order valence-corrected chi connectivity index (χ2v) is 9.81. The number of carbonyl (C=O) groups is 2. The van der Waals surface area contributed by atoms with Crippen LogP contribution in [-0.4, -0.2) is 76.1 Å². The van der Waals surface area contributed by atoms with Gasteiger partial charge in [0.1, 0.15) is 18.5 Å². The predicted molar refractivity (Wildman–Crippen MR) is 116 cm³/mol. The van der Waals surface area contributed by atoms with Crippen molar-refractivity contribution in [3.05, 3.63) is 17.7 Å². The molecule has 172 valence electrons. The highest BCUT2D eigenvalue weighted by atomic mass is 16.5. The Kier molecular flexibility index (Phi) is 6.76. The first-order chi connectivity index (χ1) is 14.5. The molecule has 0 aliphatic carbocycles.